The van der Waals surface area contributed by atoms with Gasteiger partial charge in [-0.1, -0.05) is 24.3 Å². The second-order valence-corrected chi connectivity index (χ2v) is 5.14. The van der Waals surface area contributed by atoms with Crippen molar-refractivity contribution in [2.75, 3.05) is 39.8 Å². The van der Waals surface area contributed by atoms with Gasteiger partial charge in [-0.3, -0.25) is 0 Å². The Morgan fingerprint density at radius 2 is 2.22 bits per heavy atom. The lowest BCUT2D eigenvalue weighted by molar-refractivity contribution is 0.0103. The van der Waals surface area contributed by atoms with Gasteiger partial charge in [0.05, 0.1) is 12.7 Å². The Balaban J connectivity index is 1.74. The van der Waals surface area contributed by atoms with Gasteiger partial charge in [-0.2, -0.15) is 0 Å². The van der Waals surface area contributed by atoms with E-state index in [4.69, 9.17) is 4.74 Å². The minimum atomic E-state index is 0.348. The van der Waals surface area contributed by atoms with Gasteiger partial charge in [0.25, 0.3) is 0 Å². The number of likely N-dealkylation sites (N-methyl/N-ethyl adjacent to an activating group) is 1. The van der Waals surface area contributed by atoms with E-state index in [0.717, 1.165) is 39.2 Å². The molecule has 1 aliphatic heterocycles. The van der Waals surface area contributed by atoms with E-state index in [2.05, 4.69) is 48.5 Å². The molecule has 0 radical (unpaired) electrons. The van der Waals surface area contributed by atoms with Crippen molar-refractivity contribution in [3.8, 4) is 0 Å². The molecular weight excluding hydrogens is 224 g/mol. The fourth-order valence-electron chi connectivity index (χ4n) is 2.38. The lowest BCUT2D eigenvalue weighted by atomic mass is 10.1. The van der Waals surface area contributed by atoms with E-state index in [1.165, 1.54) is 11.1 Å². The van der Waals surface area contributed by atoms with Crippen LogP contribution in [0.2, 0.25) is 0 Å². The van der Waals surface area contributed by atoms with Crippen LogP contribution in [0.5, 0.6) is 0 Å². The fraction of sp³-hybridized carbons (Fsp3) is 0.600. The normalized spacial score (nSPS) is 20.3. The molecule has 1 fully saturated rings. The third-order valence-electron chi connectivity index (χ3n) is 3.54. The van der Waals surface area contributed by atoms with E-state index < -0.39 is 0 Å². The Bertz CT molecular complexity index is 361. The van der Waals surface area contributed by atoms with Gasteiger partial charge in [-0.25, -0.2) is 0 Å². The fourth-order valence-corrected chi connectivity index (χ4v) is 2.38. The molecule has 2 rings (SSSR count). The van der Waals surface area contributed by atoms with E-state index in [1.807, 2.05) is 0 Å². The zero-order valence-electron chi connectivity index (χ0n) is 11.5. The van der Waals surface area contributed by atoms with E-state index in [-0.39, 0.29) is 0 Å². The van der Waals surface area contributed by atoms with E-state index in [0.29, 0.717) is 6.10 Å². The predicted octanol–water partition coefficient (Wildman–Crippen LogP) is 1.46. The average molecular weight is 248 g/mol. The van der Waals surface area contributed by atoms with Crippen molar-refractivity contribution in [3.63, 3.8) is 0 Å². The van der Waals surface area contributed by atoms with Crippen molar-refractivity contribution in [3.05, 3.63) is 35.4 Å². The number of aryl methyl sites for hydroxylation is 1. The number of benzene rings is 1. The summed E-state index contributed by atoms with van der Waals surface area (Å²) in [4.78, 5) is 2.37. The van der Waals surface area contributed by atoms with E-state index >= 15 is 0 Å². The van der Waals surface area contributed by atoms with Crippen LogP contribution in [0.15, 0.2) is 24.3 Å². The smallest absolute Gasteiger partial charge is 0.0826 e. The topological polar surface area (TPSA) is 24.5 Å². The summed E-state index contributed by atoms with van der Waals surface area (Å²) >= 11 is 0. The zero-order valence-corrected chi connectivity index (χ0v) is 11.5. The number of morpholine rings is 1. The van der Waals surface area contributed by atoms with Gasteiger partial charge in [0, 0.05) is 26.2 Å². The molecule has 1 saturated heterocycles. The van der Waals surface area contributed by atoms with E-state index in [1.54, 1.807) is 0 Å². The van der Waals surface area contributed by atoms with Crippen molar-refractivity contribution in [1.29, 1.82) is 0 Å². The highest BCUT2D eigenvalue weighted by Crippen LogP contribution is 2.08. The summed E-state index contributed by atoms with van der Waals surface area (Å²) in [5, 5.41) is 3.37. The maximum Gasteiger partial charge on any atom is 0.0826 e. The van der Waals surface area contributed by atoms with E-state index in [9.17, 15) is 0 Å². The summed E-state index contributed by atoms with van der Waals surface area (Å²) in [7, 11) is 2.18. The second-order valence-electron chi connectivity index (χ2n) is 5.14. The number of nitrogens with one attached hydrogen (secondary N) is 1. The molecule has 1 heterocycles. The van der Waals surface area contributed by atoms with Crippen LogP contribution >= 0.6 is 0 Å². The first-order valence-electron chi connectivity index (χ1n) is 6.81. The highest BCUT2D eigenvalue weighted by atomic mass is 16.5. The van der Waals surface area contributed by atoms with Gasteiger partial charge < -0.3 is 15.0 Å². The number of ether oxygens (including phenoxy) is 1. The molecule has 1 aromatic carbocycles. The summed E-state index contributed by atoms with van der Waals surface area (Å²) in [6.45, 7) is 7.10. The van der Waals surface area contributed by atoms with Crippen LogP contribution in [-0.2, 0) is 11.2 Å². The molecule has 1 aliphatic rings. The summed E-state index contributed by atoms with van der Waals surface area (Å²) in [6, 6.07) is 8.63. The number of rotatable bonds is 5. The lowest BCUT2D eigenvalue weighted by Gasteiger charge is -2.28. The minimum Gasteiger partial charge on any atom is -0.374 e. The standard InChI is InChI=1S/C15H24N2O/c1-13-5-3-4-6-14(13)7-9-17(2)12-15-11-16-8-10-18-15/h3-6,15-16H,7-12H2,1-2H3. The number of hydrogen-bond donors (Lipinski definition) is 1. The highest BCUT2D eigenvalue weighted by Gasteiger charge is 2.15. The van der Waals surface area contributed by atoms with Crippen LogP contribution in [0.25, 0.3) is 0 Å². The summed E-state index contributed by atoms with van der Waals surface area (Å²) in [5.74, 6) is 0. The SMILES string of the molecule is Cc1ccccc1CCN(C)CC1CNCCO1. The Labute approximate surface area is 110 Å². The van der Waals surface area contributed by atoms with Crippen LogP contribution in [0.1, 0.15) is 11.1 Å². The third kappa shape index (κ3) is 4.09. The zero-order chi connectivity index (χ0) is 12.8. The number of nitrogens with zero attached hydrogens (tertiary/aromatic N) is 1. The Morgan fingerprint density at radius 3 is 2.94 bits per heavy atom. The monoisotopic (exact) mass is 248 g/mol. The molecule has 3 nitrogen and oxygen atoms in total. The number of hydrogen-bond acceptors (Lipinski definition) is 3. The molecule has 0 bridgehead atoms. The second kappa shape index (κ2) is 6.88. The molecule has 0 spiro atoms. The molecule has 18 heavy (non-hydrogen) atoms. The van der Waals surface area contributed by atoms with Gasteiger partial charge in [0.1, 0.15) is 0 Å². The maximum atomic E-state index is 5.72. The summed E-state index contributed by atoms with van der Waals surface area (Å²) < 4.78 is 5.72. The van der Waals surface area contributed by atoms with Gasteiger partial charge in [0.15, 0.2) is 0 Å². The molecule has 1 aromatic rings. The molecule has 0 saturated carbocycles. The van der Waals surface area contributed by atoms with Gasteiger partial charge >= 0.3 is 0 Å². The third-order valence-corrected chi connectivity index (χ3v) is 3.54. The summed E-state index contributed by atoms with van der Waals surface area (Å²) in [5.41, 5.74) is 2.84. The molecule has 0 aliphatic carbocycles. The largest absolute Gasteiger partial charge is 0.374 e. The first-order valence-corrected chi connectivity index (χ1v) is 6.81. The van der Waals surface area contributed by atoms with Crippen LogP contribution in [0.3, 0.4) is 0 Å². The molecule has 1 unspecified atom stereocenters. The molecule has 100 valence electrons. The Morgan fingerprint density at radius 1 is 1.39 bits per heavy atom. The highest BCUT2D eigenvalue weighted by molar-refractivity contribution is 5.25. The molecule has 0 amide bonds. The van der Waals surface area contributed by atoms with Crippen LogP contribution in [-0.4, -0.2) is 50.8 Å². The Kier molecular flexibility index (Phi) is 5.17. The first-order chi connectivity index (χ1) is 8.75. The Hall–Kier alpha value is -0.900. The quantitative estimate of drug-likeness (QED) is 0.854. The first kappa shape index (κ1) is 13.5. The van der Waals surface area contributed by atoms with Gasteiger partial charge in [-0.05, 0) is 31.5 Å². The van der Waals surface area contributed by atoms with Crippen LogP contribution in [0.4, 0.5) is 0 Å². The molecule has 0 aromatic heterocycles. The average Bonchev–Trinajstić information content (AvgIpc) is 2.39. The minimum absolute atomic E-state index is 0.348. The van der Waals surface area contributed by atoms with Gasteiger partial charge in [-0.15, -0.1) is 0 Å². The van der Waals surface area contributed by atoms with Crippen LogP contribution < -0.4 is 5.32 Å². The lowest BCUT2D eigenvalue weighted by Crippen LogP contribution is -2.44. The van der Waals surface area contributed by atoms with Crippen molar-refractivity contribution >= 4 is 0 Å². The molecule has 1 atom stereocenters. The maximum absolute atomic E-state index is 5.72. The van der Waals surface area contributed by atoms with Crippen molar-refractivity contribution in [2.24, 2.45) is 0 Å². The molecule has 1 N–H and O–H groups in total. The molecular formula is C15H24N2O. The van der Waals surface area contributed by atoms with Crippen LogP contribution in [0, 0.1) is 6.92 Å². The summed E-state index contributed by atoms with van der Waals surface area (Å²) in [6.07, 6.45) is 1.46. The predicted molar refractivity (Wildman–Crippen MR) is 75.0 cm³/mol. The molecule has 3 heteroatoms. The van der Waals surface area contributed by atoms with Crippen molar-refractivity contribution < 1.29 is 4.74 Å². The van der Waals surface area contributed by atoms with Gasteiger partial charge in [0.2, 0.25) is 0 Å². The van der Waals surface area contributed by atoms with Crippen molar-refractivity contribution in [2.45, 2.75) is 19.4 Å². The van der Waals surface area contributed by atoms with Crippen molar-refractivity contribution in [1.82, 2.24) is 10.2 Å².